The lowest BCUT2D eigenvalue weighted by molar-refractivity contribution is 0.251. The first-order valence-electron chi connectivity index (χ1n) is 2.31. The number of nitrogens with one attached hydrogen (secondary N) is 1. The number of alkyl halides is 2. The van der Waals surface area contributed by atoms with Crippen molar-refractivity contribution >= 4 is 17.7 Å². The van der Waals surface area contributed by atoms with Crippen LogP contribution in [-0.2, 0) is 0 Å². The quantitative estimate of drug-likeness (QED) is 0.634. The van der Waals surface area contributed by atoms with Crippen molar-refractivity contribution in [3.8, 4) is 0 Å². The van der Waals surface area contributed by atoms with Crippen molar-refractivity contribution in [2.75, 3.05) is 5.73 Å². The fraction of sp³-hybridized carbons (Fsp3) is 0.333. The van der Waals surface area contributed by atoms with Gasteiger partial charge in [0.2, 0.25) is 11.1 Å². The molecule has 0 fully saturated rings. The summed E-state index contributed by atoms with van der Waals surface area (Å²) < 4.78 is 23.1. The molecule has 10 heavy (non-hydrogen) atoms. The van der Waals surface area contributed by atoms with Gasteiger partial charge >= 0.3 is 0 Å². The lowest BCUT2D eigenvalue weighted by Crippen LogP contribution is -1.86. The van der Waals surface area contributed by atoms with E-state index in [9.17, 15) is 8.78 Å². The molecule has 1 rings (SSSR count). The van der Waals surface area contributed by atoms with Crippen LogP contribution >= 0.6 is 11.8 Å². The van der Waals surface area contributed by atoms with E-state index in [0.29, 0.717) is 0 Å². The molecule has 1 aromatic heterocycles. The lowest BCUT2D eigenvalue weighted by Gasteiger charge is -1.88. The molecule has 0 bridgehead atoms. The average Bonchev–Trinajstić information content (AvgIpc) is 2.13. The summed E-state index contributed by atoms with van der Waals surface area (Å²) in [6.07, 6.45) is 0. The zero-order valence-electron chi connectivity index (χ0n) is 4.71. The average molecular weight is 166 g/mol. The Balaban J connectivity index is 2.58. The van der Waals surface area contributed by atoms with Crippen molar-refractivity contribution in [3.05, 3.63) is 0 Å². The summed E-state index contributed by atoms with van der Waals surface area (Å²) in [6, 6.07) is 0. The van der Waals surface area contributed by atoms with Crippen molar-refractivity contribution in [1.82, 2.24) is 15.2 Å². The van der Waals surface area contributed by atoms with Gasteiger partial charge in [-0.3, -0.25) is 0 Å². The van der Waals surface area contributed by atoms with Gasteiger partial charge in [-0.2, -0.15) is 13.8 Å². The van der Waals surface area contributed by atoms with Crippen molar-refractivity contribution in [3.63, 3.8) is 0 Å². The van der Waals surface area contributed by atoms with E-state index in [1.54, 1.807) is 0 Å². The van der Waals surface area contributed by atoms with E-state index in [0.717, 1.165) is 0 Å². The summed E-state index contributed by atoms with van der Waals surface area (Å²) in [4.78, 5) is 3.44. The third kappa shape index (κ3) is 1.83. The molecule has 0 amide bonds. The molecule has 0 aliphatic rings. The van der Waals surface area contributed by atoms with Crippen LogP contribution in [0.2, 0.25) is 0 Å². The summed E-state index contributed by atoms with van der Waals surface area (Å²) in [5, 5.41) is 5.58. The maximum Gasteiger partial charge on any atom is 0.291 e. The summed E-state index contributed by atoms with van der Waals surface area (Å²) in [5.41, 5.74) is 5.07. The Morgan fingerprint density at radius 2 is 2.30 bits per heavy atom. The topological polar surface area (TPSA) is 67.6 Å². The van der Waals surface area contributed by atoms with Gasteiger partial charge in [0.25, 0.3) is 5.76 Å². The van der Waals surface area contributed by atoms with Crippen LogP contribution in [0.3, 0.4) is 0 Å². The minimum Gasteiger partial charge on any atom is -0.368 e. The largest absolute Gasteiger partial charge is 0.368 e. The van der Waals surface area contributed by atoms with Crippen LogP contribution in [0.25, 0.3) is 0 Å². The van der Waals surface area contributed by atoms with E-state index in [4.69, 9.17) is 5.73 Å². The Labute approximate surface area is 59.2 Å². The predicted molar refractivity (Wildman–Crippen MR) is 32.7 cm³/mol. The molecule has 0 saturated heterocycles. The first-order valence-corrected chi connectivity index (χ1v) is 3.19. The number of rotatable bonds is 2. The molecule has 4 nitrogen and oxygen atoms in total. The van der Waals surface area contributed by atoms with Gasteiger partial charge in [-0.15, -0.1) is 5.10 Å². The Hall–Kier alpha value is -0.850. The number of thioether (sulfide) groups is 1. The normalized spacial score (nSPS) is 10.7. The van der Waals surface area contributed by atoms with Crippen molar-refractivity contribution < 1.29 is 8.78 Å². The third-order valence-electron chi connectivity index (χ3n) is 0.677. The number of nitrogen functional groups attached to an aromatic ring is 1. The number of nitrogens with zero attached hydrogens (tertiary/aromatic N) is 2. The number of aromatic nitrogens is 3. The number of H-pyrrole nitrogens is 1. The fourth-order valence-electron chi connectivity index (χ4n) is 0.391. The summed E-state index contributed by atoms with van der Waals surface area (Å²) >= 11 is 0.252. The van der Waals surface area contributed by atoms with Crippen molar-refractivity contribution in [1.29, 1.82) is 0 Å². The summed E-state index contributed by atoms with van der Waals surface area (Å²) in [7, 11) is 0. The second-order valence-electron chi connectivity index (χ2n) is 1.38. The smallest absolute Gasteiger partial charge is 0.291 e. The zero-order valence-corrected chi connectivity index (χ0v) is 5.53. The van der Waals surface area contributed by atoms with Crippen LogP contribution < -0.4 is 5.73 Å². The van der Waals surface area contributed by atoms with E-state index >= 15 is 0 Å². The molecule has 0 aromatic carbocycles. The highest BCUT2D eigenvalue weighted by Crippen LogP contribution is 2.20. The van der Waals surface area contributed by atoms with E-state index in [1.165, 1.54) is 0 Å². The van der Waals surface area contributed by atoms with E-state index in [2.05, 4.69) is 15.2 Å². The molecule has 0 spiro atoms. The number of nitrogens with two attached hydrogens (primary N) is 1. The Morgan fingerprint density at radius 3 is 2.70 bits per heavy atom. The molecule has 0 atom stereocenters. The minimum absolute atomic E-state index is 0.0347. The van der Waals surface area contributed by atoms with E-state index in [-0.39, 0.29) is 22.9 Å². The molecular formula is C3H4F2N4S. The van der Waals surface area contributed by atoms with Crippen LogP contribution in [-0.4, -0.2) is 20.9 Å². The molecule has 0 saturated carbocycles. The number of hydrogen-bond acceptors (Lipinski definition) is 4. The predicted octanol–water partition coefficient (Wildman–Crippen LogP) is 0.702. The third-order valence-corrected chi connectivity index (χ3v) is 1.25. The molecular weight excluding hydrogens is 162 g/mol. The molecule has 0 radical (unpaired) electrons. The molecule has 56 valence electrons. The standard InChI is InChI=1S/C3H4F2N4S/c4-1(5)10-3-7-2(6)8-9-3/h1H,(H3,6,7,8,9). The maximum atomic E-state index is 11.6. The highest BCUT2D eigenvalue weighted by atomic mass is 32.2. The van der Waals surface area contributed by atoms with Crippen LogP contribution in [0.15, 0.2) is 5.16 Å². The highest BCUT2D eigenvalue weighted by molar-refractivity contribution is 7.99. The first-order chi connectivity index (χ1) is 4.68. The molecule has 0 unspecified atom stereocenters. The second kappa shape index (κ2) is 2.82. The number of anilines is 1. The molecule has 3 N–H and O–H groups in total. The van der Waals surface area contributed by atoms with Crippen molar-refractivity contribution in [2.24, 2.45) is 0 Å². The molecule has 7 heteroatoms. The van der Waals surface area contributed by atoms with Crippen LogP contribution in [0.5, 0.6) is 0 Å². The van der Waals surface area contributed by atoms with Gasteiger partial charge in [0.15, 0.2) is 0 Å². The highest BCUT2D eigenvalue weighted by Gasteiger charge is 2.08. The molecule has 1 heterocycles. The number of aromatic amines is 1. The van der Waals surface area contributed by atoms with Crippen LogP contribution in [0, 0.1) is 0 Å². The Bertz CT molecular complexity index is 212. The van der Waals surface area contributed by atoms with Gasteiger partial charge in [-0.05, 0) is 11.8 Å². The van der Waals surface area contributed by atoms with E-state index in [1.807, 2.05) is 0 Å². The van der Waals surface area contributed by atoms with E-state index < -0.39 is 5.76 Å². The van der Waals surface area contributed by atoms with Crippen molar-refractivity contribution in [2.45, 2.75) is 10.9 Å². The second-order valence-corrected chi connectivity index (χ2v) is 2.34. The van der Waals surface area contributed by atoms with Gasteiger partial charge in [0.1, 0.15) is 0 Å². The van der Waals surface area contributed by atoms with Gasteiger partial charge in [0, 0.05) is 0 Å². The van der Waals surface area contributed by atoms with Crippen LogP contribution in [0.4, 0.5) is 14.7 Å². The first kappa shape index (κ1) is 7.26. The Kier molecular flexibility index (Phi) is 2.05. The lowest BCUT2D eigenvalue weighted by atomic mass is 11.1. The van der Waals surface area contributed by atoms with Crippen LogP contribution in [0.1, 0.15) is 0 Å². The zero-order chi connectivity index (χ0) is 7.56. The number of halogens is 2. The molecule has 0 aliphatic heterocycles. The maximum absolute atomic E-state index is 11.6. The monoisotopic (exact) mass is 166 g/mol. The van der Waals surface area contributed by atoms with Gasteiger partial charge in [-0.25, -0.2) is 5.10 Å². The van der Waals surface area contributed by atoms with Gasteiger partial charge < -0.3 is 5.73 Å². The molecule has 1 aromatic rings. The molecule has 0 aliphatic carbocycles. The number of hydrogen-bond donors (Lipinski definition) is 2. The Morgan fingerprint density at radius 1 is 1.60 bits per heavy atom. The van der Waals surface area contributed by atoms with Gasteiger partial charge in [-0.1, -0.05) is 0 Å². The SMILES string of the molecule is Nc1nc(SC(F)F)n[nH]1. The van der Waals surface area contributed by atoms with Gasteiger partial charge in [0.05, 0.1) is 0 Å². The summed E-state index contributed by atoms with van der Waals surface area (Å²) in [6.45, 7) is 0. The minimum atomic E-state index is -2.50. The summed E-state index contributed by atoms with van der Waals surface area (Å²) in [5.74, 6) is -2.46. The fourth-order valence-corrected chi connectivity index (χ4v) is 0.799.